The van der Waals surface area contributed by atoms with Crippen LogP contribution in [0.4, 0.5) is 0 Å². The van der Waals surface area contributed by atoms with Crippen LogP contribution in [0.15, 0.2) is 10.4 Å². The second kappa shape index (κ2) is 9.23. The molecule has 1 heterocycles. The summed E-state index contributed by atoms with van der Waals surface area (Å²) in [5.74, 6) is 1.27. The zero-order chi connectivity index (χ0) is 17.5. The van der Waals surface area contributed by atoms with Gasteiger partial charge in [-0.25, -0.2) is 9.98 Å². The molecule has 23 heavy (non-hydrogen) atoms. The number of nitrogens with one attached hydrogen (secondary N) is 2. The summed E-state index contributed by atoms with van der Waals surface area (Å²) >= 11 is 1.67. The van der Waals surface area contributed by atoms with Crippen molar-refractivity contribution in [2.45, 2.75) is 60.1 Å². The summed E-state index contributed by atoms with van der Waals surface area (Å²) in [6.07, 6.45) is 0.124. The quantitative estimate of drug-likeness (QED) is 0.590. The van der Waals surface area contributed by atoms with E-state index in [1.807, 2.05) is 0 Å². The van der Waals surface area contributed by atoms with Crippen LogP contribution < -0.4 is 10.6 Å². The topological polar surface area (TPSA) is 58.5 Å². The van der Waals surface area contributed by atoms with E-state index in [-0.39, 0.29) is 11.5 Å². The lowest BCUT2D eigenvalue weighted by Crippen LogP contribution is -2.45. The van der Waals surface area contributed by atoms with Crippen molar-refractivity contribution in [3.63, 3.8) is 0 Å². The van der Waals surface area contributed by atoms with Crippen molar-refractivity contribution in [2.24, 2.45) is 10.4 Å². The minimum absolute atomic E-state index is 0.0839. The number of thiazole rings is 1. The van der Waals surface area contributed by atoms with Gasteiger partial charge in [-0.3, -0.25) is 0 Å². The standard InChI is InChI=1S/C17H32N4OS/c1-8-18-16(19-9-14(22-7)17(4,5)6)20-10-15-21-13(11-23-15)12(2)3/h11-12,14H,8-10H2,1-7H3,(H2,18,19,20). The Labute approximate surface area is 145 Å². The van der Waals surface area contributed by atoms with Gasteiger partial charge in [0, 0.05) is 25.6 Å². The van der Waals surface area contributed by atoms with Crippen LogP contribution in [0.5, 0.6) is 0 Å². The highest BCUT2D eigenvalue weighted by Crippen LogP contribution is 2.21. The minimum atomic E-state index is 0.0839. The summed E-state index contributed by atoms with van der Waals surface area (Å²) < 4.78 is 5.58. The lowest BCUT2D eigenvalue weighted by Gasteiger charge is -2.30. The molecule has 0 aromatic carbocycles. The molecule has 1 rings (SSSR count). The first-order chi connectivity index (χ1) is 10.8. The lowest BCUT2D eigenvalue weighted by molar-refractivity contribution is 0.0205. The van der Waals surface area contributed by atoms with Gasteiger partial charge in [0.2, 0.25) is 0 Å². The fraction of sp³-hybridized carbons (Fsp3) is 0.765. The predicted octanol–water partition coefficient (Wildman–Crippen LogP) is 3.38. The summed E-state index contributed by atoms with van der Waals surface area (Å²) in [5.41, 5.74) is 1.23. The molecule has 6 heteroatoms. The average molecular weight is 341 g/mol. The Hall–Kier alpha value is -1.14. The van der Waals surface area contributed by atoms with Gasteiger partial charge in [-0.2, -0.15) is 0 Å². The van der Waals surface area contributed by atoms with Crippen LogP contribution in [0.25, 0.3) is 0 Å². The highest BCUT2D eigenvalue weighted by molar-refractivity contribution is 7.09. The van der Waals surface area contributed by atoms with Gasteiger partial charge in [-0.15, -0.1) is 11.3 Å². The Morgan fingerprint density at radius 2 is 2.04 bits per heavy atom. The molecule has 1 aromatic heterocycles. The number of nitrogens with zero attached hydrogens (tertiary/aromatic N) is 2. The zero-order valence-electron chi connectivity index (χ0n) is 15.6. The van der Waals surface area contributed by atoms with Crippen LogP contribution in [0.3, 0.4) is 0 Å². The third kappa shape index (κ3) is 6.87. The second-order valence-electron chi connectivity index (χ2n) is 6.99. The SMILES string of the molecule is CCNC(=NCc1nc(C(C)C)cs1)NCC(OC)C(C)(C)C. The van der Waals surface area contributed by atoms with Gasteiger partial charge in [0.1, 0.15) is 5.01 Å². The normalized spacial score (nSPS) is 14.2. The summed E-state index contributed by atoms with van der Waals surface area (Å²) in [5, 5.41) is 9.81. The van der Waals surface area contributed by atoms with Gasteiger partial charge < -0.3 is 15.4 Å². The predicted molar refractivity (Wildman–Crippen MR) is 99.3 cm³/mol. The minimum Gasteiger partial charge on any atom is -0.379 e. The van der Waals surface area contributed by atoms with E-state index < -0.39 is 0 Å². The fourth-order valence-electron chi connectivity index (χ4n) is 2.08. The molecule has 0 saturated heterocycles. The van der Waals surface area contributed by atoms with Gasteiger partial charge >= 0.3 is 0 Å². The van der Waals surface area contributed by atoms with Crippen LogP contribution in [-0.2, 0) is 11.3 Å². The first kappa shape index (κ1) is 19.9. The molecule has 2 N–H and O–H groups in total. The summed E-state index contributed by atoms with van der Waals surface area (Å²) in [4.78, 5) is 9.26. The number of ether oxygens (including phenoxy) is 1. The van der Waals surface area contributed by atoms with Crippen molar-refractivity contribution in [3.05, 3.63) is 16.1 Å². The smallest absolute Gasteiger partial charge is 0.191 e. The van der Waals surface area contributed by atoms with Gasteiger partial charge in [0.15, 0.2) is 5.96 Å². The average Bonchev–Trinajstić information content (AvgIpc) is 2.93. The number of aliphatic imine (C=N–C) groups is 1. The van der Waals surface area contributed by atoms with Crippen LogP contribution in [0, 0.1) is 5.41 Å². The van der Waals surface area contributed by atoms with Gasteiger partial charge in [-0.1, -0.05) is 34.6 Å². The van der Waals surface area contributed by atoms with E-state index >= 15 is 0 Å². The largest absolute Gasteiger partial charge is 0.379 e. The van der Waals surface area contributed by atoms with Gasteiger partial charge in [0.05, 0.1) is 18.3 Å². The molecule has 0 bridgehead atoms. The van der Waals surface area contributed by atoms with Crippen LogP contribution >= 0.6 is 11.3 Å². The molecule has 0 aliphatic heterocycles. The molecule has 1 atom stereocenters. The molecule has 0 saturated carbocycles. The van der Waals surface area contributed by atoms with Crippen LogP contribution in [0.2, 0.25) is 0 Å². The van der Waals surface area contributed by atoms with Crippen molar-refractivity contribution < 1.29 is 4.74 Å². The Bertz CT molecular complexity index is 491. The number of aromatic nitrogens is 1. The summed E-state index contributed by atoms with van der Waals surface area (Å²) in [6.45, 7) is 15.1. The van der Waals surface area contributed by atoms with Crippen molar-refractivity contribution in [1.29, 1.82) is 0 Å². The molecule has 0 aliphatic carbocycles. The molecular weight excluding hydrogens is 308 g/mol. The summed E-state index contributed by atoms with van der Waals surface area (Å²) in [7, 11) is 1.75. The van der Waals surface area contributed by atoms with Gasteiger partial charge in [-0.05, 0) is 18.3 Å². The Morgan fingerprint density at radius 1 is 1.35 bits per heavy atom. The van der Waals surface area contributed by atoms with Crippen LogP contribution in [-0.4, -0.2) is 37.2 Å². The molecule has 0 fully saturated rings. The number of methoxy groups -OCH3 is 1. The first-order valence-corrected chi connectivity index (χ1v) is 9.15. The van der Waals surface area contributed by atoms with E-state index in [0.29, 0.717) is 12.5 Å². The Kier molecular flexibility index (Phi) is 7.99. The Balaban J connectivity index is 2.65. The van der Waals surface area contributed by atoms with E-state index in [2.05, 4.69) is 67.5 Å². The highest BCUT2D eigenvalue weighted by atomic mass is 32.1. The number of guanidine groups is 1. The zero-order valence-corrected chi connectivity index (χ0v) is 16.4. The van der Waals surface area contributed by atoms with E-state index in [1.165, 1.54) is 0 Å². The maximum atomic E-state index is 5.58. The van der Waals surface area contributed by atoms with Crippen molar-refractivity contribution in [3.8, 4) is 0 Å². The molecule has 0 spiro atoms. The summed E-state index contributed by atoms with van der Waals surface area (Å²) in [6, 6.07) is 0. The van der Waals surface area contributed by atoms with Crippen molar-refractivity contribution in [2.75, 3.05) is 20.2 Å². The van der Waals surface area contributed by atoms with E-state index in [9.17, 15) is 0 Å². The fourth-order valence-corrected chi connectivity index (χ4v) is 2.96. The highest BCUT2D eigenvalue weighted by Gasteiger charge is 2.24. The monoisotopic (exact) mass is 340 g/mol. The van der Waals surface area contributed by atoms with E-state index in [1.54, 1.807) is 18.4 Å². The lowest BCUT2D eigenvalue weighted by atomic mass is 9.89. The third-order valence-electron chi connectivity index (χ3n) is 3.58. The first-order valence-electron chi connectivity index (χ1n) is 8.27. The molecular formula is C17H32N4OS. The maximum Gasteiger partial charge on any atom is 0.191 e. The van der Waals surface area contributed by atoms with E-state index in [0.717, 1.165) is 29.8 Å². The maximum absolute atomic E-state index is 5.58. The molecule has 0 radical (unpaired) electrons. The van der Waals surface area contributed by atoms with Crippen molar-refractivity contribution in [1.82, 2.24) is 15.6 Å². The number of rotatable bonds is 7. The van der Waals surface area contributed by atoms with Gasteiger partial charge in [0.25, 0.3) is 0 Å². The molecule has 1 unspecified atom stereocenters. The second-order valence-corrected chi connectivity index (χ2v) is 7.93. The van der Waals surface area contributed by atoms with Crippen LogP contribution in [0.1, 0.15) is 58.2 Å². The molecule has 132 valence electrons. The van der Waals surface area contributed by atoms with Crippen molar-refractivity contribution >= 4 is 17.3 Å². The number of hydrogen-bond donors (Lipinski definition) is 2. The third-order valence-corrected chi connectivity index (χ3v) is 4.43. The van der Waals surface area contributed by atoms with E-state index in [4.69, 9.17) is 4.74 Å². The molecule has 0 amide bonds. The molecule has 0 aliphatic rings. The molecule has 1 aromatic rings. The molecule has 5 nitrogen and oxygen atoms in total. The Morgan fingerprint density at radius 3 is 2.52 bits per heavy atom. The number of hydrogen-bond acceptors (Lipinski definition) is 4.